The van der Waals surface area contributed by atoms with Crippen molar-refractivity contribution in [2.24, 2.45) is 0 Å². The summed E-state index contributed by atoms with van der Waals surface area (Å²) in [6.45, 7) is 3.66. The molecule has 0 aliphatic carbocycles. The smallest absolute Gasteiger partial charge is 0.257 e. The quantitative estimate of drug-likeness (QED) is 0.585. The molecule has 4 rings (SSSR count). The number of amides is 1. The van der Waals surface area contributed by atoms with Crippen molar-refractivity contribution in [3.05, 3.63) is 90.0 Å². The first-order valence-electron chi connectivity index (χ1n) is 8.75. The molecule has 140 valence electrons. The molecule has 0 saturated carbocycles. The molecule has 0 atom stereocenters. The average Bonchev–Trinajstić information content (AvgIpc) is 3.32. The summed E-state index contributed by atoms with van der Waals surface area (Å²) in [5.41, 5.74) is 3.89. The van der Waals surface area contributed by atoms with Crippen molar-refractivity contribution in [3.8, 4) is 11.4 Å². The van der Waals surface area contributed by atoms with Crippen LogP contribution in [-0.2, 0) is 0 Å². The van der Waals surface area contributed by atoms with Crippen molar-refractivity contribution >= 4 is 11.6 Å². The molecule has 0 unspecified atom stereocenters. The number of hydrogen-bond acceptors (Lipinski definition) is 3. The highest BCUT2D eigenvalue weighted by Gasteiger charge is 2.18. The van der Waals surface area contributed by atoms with Gasteiger partial charge in [-0.15, -0.1) is 0 Å². The third-order valence-corrected chi connectivity index (χ3v) is 4.58. The van der Waals surface area contributed by atoms with Crippen LogP contribution in [0.25, 0.3) is 11.4 Å². The van der Waals surface area contributed by atoms with Crippen LogP contribution in [0.2, 0.25) is 0 Å². The first kappa shape index (κ1) is 17.7. The molecule has 0 aliphatic rings. The Morgan fingerprint density at radius 2 is 1.82 bits per heavy atom. The van der Waals surface area contributed by atoms with Gasteiger partial charge < -0.3 is 9.88 Å². The summed E-state index contributed by atoms with van der Waals surface area (Å²) >= 11 is 0. The van der Waals surface area contributed by atoms with Gasteiger partial charge in [-0.1, -0.05) is 12.1 Å². The molecule has 0 saturated heterocycles. The molecular weight excluding hydrogens is 357 g/mol. The monoisotopic (exact) mass is 375 g/mol. The molecule has 0 radical (unpaired) electrons. The second-order valence-corrected chi connectivity index (χ2v) is 6.41. The standard InChI is InChI=1S/C21H18FN5O/c1-14-11-18(15(2)27(14)20-6-4-3-5-19(20)22)21(28)25-16-7-9-17(10-8-16)26-13-23-12-24-26/h3-13H,1-2H3,(H,25,28). The lowest BCUT2D eigenvalue weighted by atomic mass is 10.2. The number of carbonyl (C=O) groups excluding carboxylic acids is 1. The summed E-state index contributed by atoms with van der Waals surface area (Å²) in [6, 6.07) is 15.6. The van der Waals surface area contributed by atoms with Crippen LogP contribution in [0.4, 0.5) is 10.1 Å². The maximum atomic E-state index is 14.2. The normalized spacial score (nSPS) is 10.8. The molecule has 1 amide bonds. The SMILES string of the molecule is Cc1cc(C(=O)Nc2ccc(-n3cncn3)cc2)c(C)n1-c1ccccc1F. The zero-order valence-corrected chi connectivity index (χ0v) is 15.4. The second kappa shape index (κ2) is 7.11. The van der Waals surface area contributed by atoms with Crippen LogP contribution in [0, 0.1) is 19.7 Å². The maximum absolute atomic E-state index is 14.2. The zero-order chi connectivity index (χ0) is 19.7. The third kappa shape index (κ3) is 3.18. The number of benzene rings is 2. The number of halogens is 1. The molecule has 4 aromatic rings. The van der Waals surface area contributed by atoms with Gasteiger partial charge in [0.1, 0.15) is 18.5 Å². The van der Waals surface area contributed by atoms with Crippen LogP contribution in [0.3, 0.4) is 0 Å². The average molecular weight is 375 g/mol. The number of nitrogens with zero attached hydrogens (tertiary/aromatic N) is 4. The number of para-hydroxylation sites is 1. The van der Waals surface area contributed by atoms with Crippen molar-refractivity contribution in [2.45, 2.75) is 13.8 Å². The number of aromatic nitrogens is 4. The molecule has 2 heterocycles. The summed E-state index contributed by atoms with van der Waals surface area (Å²) in [5.74, 6) is -0.579. The third-order valence-electron chi connectivity index (χ3n) is 4.58. The van der Waals surface area contributed by atoms with Crippen molar-refractivity contribution in [1.29, 1.82) is 0 Å². The fourth-order valence-electron chi connectivity index (χ4n) is 3.23. The van der Waals surface area contributed by atoms with E-state index in [0.717, 1.165) is 11.4 Å². The molecule has 1 N–H and O–H groups in total. The fourth-order valence-corrected chi connectivity index (χ4v) is 3.23. The van der Waals surface area contributed by atoms with Gasteiger partial charge in [-0.2, -0.15) is 5.10 Å². The molecule has 0 fully saturated rings. The van der Waals surface area contributed by atoms with Gasteiger partial charge >= 0.3 is 0 Å². The van der Waals surface area contributed by atoms with E-state index in [1.165, 1.54) is 12.4 Å². The van der Waals surface area contributed by atoms with Gasteiger partial charge in [0.2, 0.25) is 0 Å². The van der Waals surface area contributed by atoms with Gasteiger partial charge in [-0.3, -0.25) is 4.79 Å². The van der Waals surface area contributed by atoms with E-state index in [1.807, 2.05) is 26.0 Å². The molecule has 28 heavy (non-hydrogen) atoms. The van der Waals surface area contributed by atoms with E-state index in [0.29, 0.717) is 22.6 Å². The molecule has 6 nitrogen and oxygen atoms in total. The van der Waals surface area contributed by atoms with Crippen molar-refractivity contribution in [2.75, 3.05) is 5.32 Å². The van der Waals surface area contributed by atoms with E-state index in [1.54, 1.807) is 52.0 Å². The lowest BCUT2D eigenvalue weighted by molar-refractivity contribution is 0.102. The Kier molecular flexibility index (Phi) is 4.49. The Morgan fingerprint density at radius 1 is 1.07 bits per heavy atom. The molecule has 7 heteroatoms. The van der Waals surface area contributed by atoms with Crippen molar-refractivity contribution in [1.82, 2.24) is 19.3 Å². The highest BCUT2D eigenvalue weighted by atomic mass is 19.1. The van der Waals surface area contributed by atoms with Gasteiger partial charge in [-0.05, 0) is 56.3 Å². The topological polar surface area (TPSA) is 64.7 Å². The Balaban J connectivity index is 1.59. The van der Waals surface area contributed by atoms with E-state index in [-0.39, 0.29) is 11.7 Å². The highest BCUT2D eigenvalue weighted by molar-refractivity contribution is 6.05. The van der Waals surface area contributed by atoms with Gasteiger partial charge in [0.25, 0.3) is 5.91 Å². The van der Waals surface area contributed by atoms with E-state index in [2.05, 4.69) is 15.4 Å². The molecule has 0 bridgehead atoms. The van der Waals surface area contributed by atoms with Crippen LogP contribution in [0.15, 0.2) is 67.3 Å². The minimum atomic E-state index is -0.333. The van der Waals surface area contributed by atoms with Crippen LogP contribution >= 0.6 is 0 Å². The van der Waals surface area contributed by atoms with Gasteiger partial charge in [0.05, 0.1) is 16.9 Å². The zero-order valence-electron chi connectivity index (χ0n) is 15.4. The minimum Gasteiger partial charge on any atom is -0.322 e. The maximum Gasteiger partial charge on any atom is 0.257 e. The number of rotatable bonds is 4. The first-order valence-corrected chi connectivity index (χ1v) is 8.75. The Bertz CT molecular complexity index is 1130. The summed E-state index contributed by atoms with van der Waals surface area (Å²) < 4.78 is 17.6. The van der Waals surface area contributed by atoms with Crippen LogP contribution < -0.4 is 5.32 Å². The Labute approximate surface area is 161 Å². The number of hydrogen-bond donors (Lipinski definition) is 1. The number of carbonyl (C=O) groups is 1. The van der Waals surface area contributed by atoms with Gasteiger partial charge in [0, 0.05) is 17.1 Å². The van der Waals surface area contributed by atoms with E-state index in [9.17, 15) is 9.18 Å². The highest BCUT2D eigenvalue weighted by Crippen LogP contribution is 2.24. The van der Waals surface area contributed by atoms with Gasteiger partial charge in [-0.25, -0.2) is 14.1 Å². The minimum absolute atomic E-state index is 0.246. The fraction of sp³-hybridized carbons (Fsp3) is 0.0952. The molecule has 2 aromatic carbocycles. The summed E-state index contributed by atoms with van der Waals surface area (Å²) in [7, 11) is 0. The van der Waals surface area contributed by atoms with Crippen LogP contribution in [0.5, 0.6) is 0 Å². The van der Waals surface area contributed by atoms with Gasteiger partial charge in [0.15, 0.2) is 0 Å². The lowest BCUT2D eigenvalue weighted by Crippen LogP contribution is -2.13. The van der Waals surface area contributed by atoms with E-state index < -0.39 is 0 Å². The largest absolute Gasteiger partial charge is 0.322 e. The second-order valence-electron chi connectivity index (χ2n) is 6.41. The van der Waals surface area contributed by atoms with E-state index >= 15 is 0 Å². The molecular formula is C21H18FN5O. The number of nitrogens with one attached hydrogen (secondary N) is 1. The van der Waals surface area contributed by atoms with Crippen LogP contribution in [0.1, 0.15) is 21.7 Å². The molecule has 2 aromatic heterocycles. The summed E-state index contributed by atoms with van der Waals surface area (Å²) in [6.07, 6.45) is 3.06. The Hall–Kier alpha value is -3.74. The van der Waals surface area contributed by atoms with Crippen molar-refractivity contribution < 1.29 is 9.18 Å². The summed E-state index contributed by atoms with van der Waals surface area (Å²) in [5, 5.41) is 6.96. The van der Waals surface area contributed by atoms with Crippen molar-refractivity contribution in [3.63, 3.8) is 0 Å². The number of aryl methyl sites for hydroxylation is 1. The summed E-state index contributed by atoms with van der Waals surface area (Å²) in [4.78, 5) is 16.7. The Morgan fingerprint density at radius 3 is 2.50 bits per heavy atom. The predicted octanol–water partition coefficient (Wildman–Crippen LogP) is 4.07. The lowest BCUT2D eigenvalue weighted by Gasteiger charge is -2.11. The first-order chi connectivity index (χ1) is 13.5. The predicted molar refractivity (Wildman–Crippen MR) is 105 cm³/mol. The van der Waals surface area contributed by atoms with E-state index in [4.69, 9.17) is 0 Å². The van der Waals surface area contributed by atoms with Crippen LogP contribution in [-0.4, -0.2) is 25.2 Å². The number of anilines is 1. The molecule has 0 spiro atoms. The molecule has 0 aliphatic heterocycles.